The summed E-state index contributed by atoms with van der Waals surface area (Å²) in [7, 11) is 0. The van der Waals surface area contributed by atoms with Gasteiger partial charge in [-0.1, -0.05) is 34.8 Å². The van der Waals surface area contributed by atoms with E-state index in [0.717, 1.165) is 0 Å². The van der Waals surface area contributed by atoms with Crippen LogP contribution in [0.5, 0.6) is 0 Å². The molecular weight excluding hydrogens is 255 g/mol. The van der Waals surface area contributed by atoms with Crippen LogP contribution in [0.2, 0.25) is 15.1 Å². The van der Waals surface area contributed by atoms with Crippen molar-refractivity contribution in [1.29, 1.82) is 0 Å². The summed E-state index contributed by atoms with van der Waals surface area (Å²) in [6.07, 6.45) is 0. The van der Waals surface area contributed by atoms with Crippen LogP contribution in [0.4, 0.5) is 10.1 Å². The minimum absolute atomic E-state index is 0.0900. The lowest BCUT2D eigenvalue weighted by atomic mass is 10.2. The third-order valence-electron chi connectivity index (χ3n) is 1.64. The summed E-state index contributed by atoms with van der Waals surface area (Å²) in [6.45, 7) is 1.28. The van der Waals surface area contributed by atoms with Crippen molar-refractivity contribution >= 4 is 40.5 Å². The lowest BCUT2D eigenvalue weighted by Gasteiger charge is -2.05. The summed E-state index contributed by atoms with van der Waals surface area (Å²) in [4.78, 5) is 9.50. The maximum absolute atomic E-state index is 13.3. The molecule has 0 fully saturated rings. The Morgan fingerprint density at radius 2 is 1.71 bits per heavy atom. The first-order valence-corrected chi connectivity index (χ1v) is 4.48. The summed E-state index contributed by atoms with van der Waals surface area (Å²) >= 11 is 16.6. The number of hydrogen-bond acceptors (Lipinski definition) is 2. The Bertz CT molecular complexity index is 393. The number of nitrogens with zero attached hydrogens (tertiary/aromatic N) is 1. The normalized spacial score (nSPS) is 10.4. The Morgan fingerprint density at radius 3 is 2.14 bits per heavy atom. The predicted octanol–water partition coefficient (Wildman–Crippen LogP) is 4.00. The topological polar surface area (TPSA) is 43.1 Å². The average Bonchev–Trinajstić information content (AvgIpc) is 2.11. The second-order valence-corrected chi connectivity index (χ2v) is 3.62. The van der Waals surface area contributed by atoms with Gasteiger partial charge in [-0.15, -0.1) is 0 Å². The van der Waals surface area contributed by atoms with Crippen molar-refractivity contribution in [2.24, 2.45) is 0 Å². The summed E-state index contributed by atoms with van der Waals surface area (Å²) in [5.41, 5.74) is -0.939. The van der Waals surface area contributed by atoms with E-state index in [0.29, 0.717) is 0 Å². The fourth-order valence-corrected chi connectivity index (χ4v) is 1.60. The zero-order chi connectivity index (χ0) is 11.0. The van der Waals surface area contributed by atoms with E-state index in [1.165, 1.54) is 6.92 Å². The van der Waals surface area contributed by atoms with Gasteiger partial charge in [-0.25, -0.2) is 0 Å². The molecule has 0 aliphatic heterocycles. The van der Waals surface area contributed by atoms with E-state index in [1.54, 1.807) is 0 Å². The zero-order valence-electron chi connectivity index (χ0n) is 6.78. The van der Waals surface area contributed by atoms with Crippen molar-refractivity contribution in [1.82, 2.24) is 0 Å². The molecule has 0 radical (unpaired) electrons. The standard InChI is InChI=1S/C7H3Cl3FNO2/c1-2-3(8)4(9)5(10)7(6(2)11)12(13)14/h1H3. The second kappa shape index (κ2) is 3.88. The molecule has 76 valence electrons. The van der Waals surface area contributed by atoms with E-state index >= 15 is 0 Å². The molecular formula is C7H3Cl3FNO2. The van der Waals surface area contributed by atoms with Gasteiger partial charge in [0.05, 0.1) is 15.0 Å². The summed E-state index contributed by atoms with van der Waals surface area (Å²) in [5.74, 6) is -1.06. The molecule has 0 saturated carbocycles. The Balaban J connectivity index is 3.68. The van der Waals surface area contributed by atoms with Crippen LogP contribution in [0.1, 0.15) is 5.56 Å². The number of nitro benzene ring substituents is 1. The molecule has 0 bridgehead atoms. The van der Waals surface area contributed by atoms with Crippen LogP contribution >= 0.6 is 34.8 Å². The highest BCUT2D eigenvalue weighted by molar-refractivity contribution is 6.49. The molecule has 0 aromatic heterocycles. The van der Waals surface area contributed by atoms with Gasteiger partial charge in [0.25, 0.3) is 0 Å². The van der Waals surface area contributed by atoms with Crippen LogP contribution in [0.15, 0.2) is 0 Å². The molecule has 0 N–H and O–H groups in total. The Hall–Kier alpha value is -0.580. The first-order chi connectivity index (χ1) is 6.37. The molecule has 1 aromatic rings. The van der Waals surface area contributed by atoms with Crippen LogP contribution in [0.3, 0.4) is 0 Å². The van der Waals surface area contributed by atoms with E-state index in [9.17, 15) is 14.5 Å². The van der Waals surface area contributed by atoms with Crippen molar-refractivity contribution in [3.63, 3.8) is 0 Å². The molecule has 14 heavy (non-hydrogen) atoms. The van der Waals surface area contributed by atoms with Crippen LogP contribution in [-0.4, -0.2) is 4.92 Å². The largest absolute Gasteiger partial charge is 0.325 e. The number of halogens is 4. The van der Waals surface area contributed by atoms with Crippen molar-refractivity contribution in [2.75, 3.05) is 0 Å². The van der Waals surface area contributed by atoms with Gasteiger partial charge < -0.3 is 0 Å². The Morgan fingerprint density at radius 1 is 1.21 bits per heavy atom. The molecule has 0 aliphatic carbocycles. The summed E-state index contributed by atoms with van der Waals surface area (Å²) in [5, 5.41) is 9.64. The molecule has 0 aliphatic rings. The molecule has 1 rings (SSSR count). The maximum Gasteiger partial charge on any atom is 0.325 e. The fraction of sp³-hybridized carbons (Fsp3) is 0.143. The number of rotatable bonds is 1. The van der Waals surface area contributed by atoms with Gasteiger partial charge in [-0.3, -0.25) is 10.1 Å². The van der Waals surface area contributed by atoms with E-state index < -0.39 is 21.5 Å². The number of nitro groups is 1. The Kier molecular flexibility index (Phi) is 3.19. The fourth-order valence-electron chi connectivity index (χ4n) is 0.896. The van der Waals surface area contributed by atoms with Crippen molar-refractivity contribution < 1.29 is 9.31 Å². The van der Waals surface area contributed by atoms with Crippen LogP contribution in [0.25, 0.3) is 0 Å². The molecule has 0 atom stereocenters. The highest BCUT2D eigenvalue weighted by Crippen LogP contribution is 2.41. The highest BCUT2D eigenvalue weighted by Gasteiger charge is 2.27. The average molecular weight is 258 g/mol. The van der Waals surface area contributed by atoms with Gasteiger partial charge in [0, 0.05) is 5.56 Å². The van der Waals surface area contributed by atoms with Crippen molar-refractivity contribution in [3.05, 3.63) is 36.6 Å². The number of hydrogen-bond donors (Lipinski definition) is 0. The number of benzene rings is 1. The summed E-state index contributed by atoms with van der Waals surface area (Å²) in [6, 6.07) is 0. The molecule has 0 unspecified atom stereocenters. The van der Waals surface area contributed by atoms with Crippen LogP contribution in [-0.2, 0) is 0 Å². The molecule has 0 saturated heterocycles. The van der Waals surface area contributed by atoms with Gasteiger partial charge in [0.2, 0.25) is 5.82 Å². The molecule has 0 heterocycles. The Labute approximate surface area is 93.5 Å². The van der Waals surface area contributed by atoms with Crippen LogP contribution in [0, 0.1) is 22.9 Å². The van der Waals surface area contributed by atoms with Gasteiger partial charge >= 0.3 is 5.69 Å². The van der Waals surface area contributed by atoms with E-state index in [1.807, 2.05) is 0 Å². The maximum atomic E-state index is 13.3. The quantitative estimate of drug-likeness (QED) is 0.331. The minimum atomic E-state index is -1.06. The van der Waals surface area contributed by atoms with E-state index in [2.05, 4.69) is 0 Å². The molecule has 0 spiro atoms. The summed E-state index contributed by atoms with van der Waals surface area (Å²) < 4.78 is 13.3. The minimum Gasteiger partial charge on any atom is -0.258 e. The van der Waals surface area contributed by atoms with Gasteiger partial charge in [0.1, 0.15) is 5.02 Å². The molecule has 0 amide bonds. The predicted molar refractivity (Wildman–Crippen MR) is 52.8 cm³/mol. The first kappa shape index (κ1) is 11.5. The lowest BCUT2D eigenvalue weighted by Crippen LogP contribution is -1.97. The lowest BCUT2D eigenvalue weighted by molar-refractivity contribution is -0.387. The smallest absolute Gasteiger partial charge is 0.258 e. The van der Waals surface area contributed by atoms with Gasteiger partial charge in [-0.2, -0.15) is 4.39 Å². The SMILES string of the molecule is Cc1c(F)c([N+](=O)[O-])c(Cl)c(Cl)c1Cl. The van der Waals surface area contributed by atoms with Crippen LogP contribution < -0.4 is 0 Å². The third kappa shape index (κ3) is 1.65. The molecule has 1 aromatic carbocycles. The van der Waals surface area contributed by atoms with Crippen molar-refractivity contribution in [3.8, 4) is 0 Å². The molecule has 7 heteroatoms. The van der Waals surface area contributed by atoms with Gasteiger partial charge in [-0.05, 0) is 6.92 Å². The van der Waals surface area contributed by atoms with E-state index in [-0.39, 0.29) is 15.6 Å². The monoisotopic (exact) mass is 257 g/mol. The third-order valence-corrected chi connectivity index (χ3v) is 3.05. The van der Waals surface area contributed by atoms with E-state index in [4.69, 9.17) is 34.8 Å². The first-order valence-electron chi connectivity index (χ1n) is 3.34. The zero-order valence-corrected chi connectivity index (χ0v) is 9.04. The molecule has 3 nitrogen and oxygen atoms in total. The highest BCUT2D eigenvalue weighted by atomic mass is 35.5. The van der Waals surface area contributed by atoms with Gasteiger partial charge in [0.15, 0.2) is 0 Å². The van der Waals surface area contributed by atoms with Crippen molar-refractivity contribution in [2.45, 2.75) is 6.92 Å². The second-order valence-electron chi connectivity index (χ2n) is 2.49.